The molecule has 1 unspecified atom stereocenters. The number of hydrogen-bond donors (Lipinski definition) is 1. The topological polar surface area (TPSA) is 37.3 Å². The first-order chi connectivity index (χ1) is 9.43. The van der Waals surface area contributed by atoms with Crippen molar-refractivity contribution in [3.05, 3.63) is 69.7 Å². The fourth-order valence-corrected chi connectivity index (χ4v) is 2.44. The number of halogens is 2. The van der Waals surface area contributed by atoms with E-state index in [0.29, 0.717) is 22.0 Å². The molecule has 0 spiro atoms. The first kappa shape index (κ1) is 14.9. The molecule has 0 aliphatic carbocycles. The van der Waals surface area contributed by atoms with E-state index < -0.39 is 11.4 Å². The van der Waals surface area contributed by atoms with Crippen LogP contribution in [0.15, 0.2) is 48.5 Å². The highest BCUT2D eigenvalue weighted by molar-refractivity contribution is 6.42. The Labute approximate surface area is 128 Å². The predicted molar refractivity (Wildman–Crippen MR) is 81.6 cm³/mol. The summed E-state index contributed by atoms with van der Waals surface area (Å²) in [5, 5.41) is 10.4. The standard InChI is InChI=1S/C16H14Cl2O2/c1-16(15(19)20,10-11-5-3-2-4-6-11)12-7-8-13(17)14(18)9-12/h2-9H,10H2,1H3,(H,19,20). The van der Waals surface area contributed by atoms with Gasteiger partial charge in [0, 0.05) is 0 Å². The Balaban J connectivity index is 2.43. The van der Waals surface area contributed by atoms with Gasteiger partial charge in [-0.1, -0.05) is 59.6 Å². The van der Waals surface area contributed by atoms with Crippen molar-refractivity contribution in [2.45, 2.75) is 18.8 Å². The van der Waals surface area contributed by atoms with Crippen LogP contribution in [0, 0.1) is 0 Å². The molecule has 1 N–H and O–H groups in total. The van der Waals surface area contributed by atoms with Gasteiger partial charge >= 0.3 is 5.97 Å². The monoisotopic (exact) mass is 308 g/mol. The first-order valence-electron chi connectivity index (χ1n) is 6.16. The zero-order valence-electron chi connectivity index (χ0n) is 10.9. The van der Waals surface area contributed by atoms with Crippen LogP contribution >= 0.6 is 23.2 Å². The van der Waals surface area contributed by atoms with Crippen molar-refractivity contribution in [2.75, 3.05) is 0 Å². The molecule has 0 fully saturated rings. The molecule has 20 heavy (non-hydrogen) atoms. The van der Waals surface area contributed by atoms with Crippen LogP contribution in [-0.2, 0) is 16.6 Å². The minimum Gasteiger partial charge on any atom is -0.481 e. The lowest BCUT2D eigenvalue weighted by atomic mass is 9.77. The third-order valence-electron chi connectivity index (χ3n) is 3.43. The van der Waals surface area contributed by atoms with E-state index in [1.54, 1.807) is 25.1 Å². The van der Waals surface area contributed by atoms with Crippen LogP contribution in [0.3, 0.4) is 0 Å². The number of carboxylic acids is 1. The molecule has 4 heteroatoms. The molecule has 0 aliphatic heterocycles. The first-order valence-corrected chi connectivity index (χ1v) is 6.92. The summed E-state index contributed by atoms with van der Waals surface area (Å²) in [5.74, 6) is -0.889. The van der Waals surface area contributed by atoms with E-state index in [1.807, 2.05) is 30.3 Å². The number of rotatable bonds is 4. The van der Waals surface area contributed by atoms with Gasteiger partial charge in [0.2, 0.25) is 0 Å². The fourth-order valence-electron chi connectivity index (χ4n) is 2.14. The van der Waals surface area contributed by atoms with E-state index in [0.717, 1.165) is 5.56 Å². The third-order valence-corrected chi connectivity index (χ3v) is 4.17. The molecule has 2 aromatic rings. The minimum atomic E-state index is -1.05. The SMILES string of the molecule is CC(Cc1ccccc1)(C(=O)O)c1ccc(Cl)c(Cl)c1. The Morgan fingerprint density at radius 1 is 1.10 bits per heavy atom. The van der Waals surface area contributed by atoms with E-state index in [2.05, 4.69) is 0 Å². The number of carboxylic acid groups (broad SMARTS) is 1. The highest BCUT2D eigenvalue weighted by Crippen LogP contribution is 2.33. The summed E-state index contributed by atoms with van der Waals surface area (Å²) in [7, 11) is 0. The van der Waals surface area contributed by atoms with Crippen LogP contribution in [0.1, 0.15) is 18.1 Å². The second kappa shape index (κ2) is 5.86. The van der Waals surface area contributed by atoms with Crippen molar-refractivity contribution < 1.29 is 9.90 Å². The number of hydrogen-bond acceptors (Lipinski definition) is 1. The van der Waals surface area contributed by atoms with Gasteiger partial charge in [0.15, 0.2) is 0 Å². The van der Waals surface area contributed by atoms with Crippen molar-refractivity contribution in [2.24, 2.45) is 0 Å². The quantitative estimate of drug-likeness (QED) is 0.897. The lowest BCUT2D eigenvalue weighted by Gasteiger charge is -2.26. The normalized spacial score (nSPS) is 13.8. The second-order valence-electron chi connectivity index (χ2n) is 4.93. The molecule has 0 amide bonds. The molecular weight excluding hydrogens is 295 g/mol. The average molecular weight is 309 g/mol. The Hall–Kier alpha value is -1.51. The summed E-state index contributed by atoms with van der Waals surface area (Å²) in [5.41, 5.74) is 0.557. The molecule has 2 nitrogen and oxygen atoms in total. The molecule has 0 heterocycles. The van der Waals surface area contributed by atoms with Crippen LogP contribution in [0.25, 0.3) is 0 Å². The summed E-state index contributed by atoms with van der Waals surface area (Å²) < 4.78 is 0. The van der Waals surface area contributed by atoms with Gasteiger partial charge in [-0.15, -0.1) is 0 Å². The molecule has 0 saturated carbocycles. The van der Waals surface area contributed by atoms with Crippen molar-refractivity contribution in [3.63, 3.8) is 0 Å². The second-order valence-corrected chi connectivity index (χ2v) is 5.74. The van der Waals surface area contributed by atoms with Crippen molar-refractivity contribution in [1.29, 1.82) is 0 Å². The predicted octanol–water partition coefficient (Wildman–Crippen LogP) is 4.58. The van der Waals surface area contributed by atoms with E-state index >= 15 is 0 Å². The van der Waals surface area contributed by atoms with Gasteiger partial charge in [-0.05, 0) is 36.6 Å². The maximum Gasteiger partial charge on any atom is 0.314 e. The number of aliphatic carboxylic acids is 1. The molecule has 0 aliphatic rings. The van der Waals surface area contributed by atoms with Gasteiger partial charge in [0.1, 0.15) is 0 Å². The summed E-state index contributed by atoms with van der Waals surface area (Å²) in [4.78, 5) is 11.7. The largest absolute Gasteiger partial charge is 0.481 e. The molecular formula is C16H14Cl2O2. The molecule has 1 atom stereocenters. The number of benzene rings is 2. The van der Waals surface area contributed by atoms with Crippen LogP contribution in [-0.4, -0.2) is 11.1 Å². The zero-order valence-corrected chi connectivity index (χ0v) is 12.4. The maximum absolute atomic E-state index is 11.7. The van der Waals surface area contributed by atoms with E-state index in [9.17, 15) is 9.90 Å². The van der Waals surface area contributed by atoms with Gasteiger partial charge < -0.3 is 5.11 Å². The van der Waals surface area contributed by atoms with Gasteiger partial charge in [0.05, 0.1) is 15.5 Å². The highest BCUT2D eigenvalue weighted by Gasteiger charge is 2.35. The van der Waals surface area contributed by atoms with Crippen molar-refractivity contribution in [3.8, 4) is 0 Å². The summed E-state index contributed by atoms with van der Waals surface area (Å²) in [6.07, 6.45) is 0.390. The van der Waals surface area contributed by atoms with Gasteiger partial charge in [-0.3, -0.25) is 4.79 Å². The van der Waals surface area contributed by atoms with E-state index in [1.165, 1.54) is 0 Å². The van der Waals surface area contributed by atoms with Gasteiger partial charge in [-0.2, -0.15) is 0 Å². The molecule has 2 aromatic carbocycles. The van der Waals surface area contributed by atoms with Crippen LogP contribution < -0.4 is 0 Å². The Morgan fingerprint density at radius 3 is 2.30 bits per heavy atom. The van der Waals surface area contributed by atoms with E-state index in [-0.39, 0.29) is 0 Å². The highest BCUT2D eigenvalue weighted by atomic mass is 35.5. The summed E-state index contributed by atoms with van der Waals surface area (Å²) in [6.45, 7) is 1.70. The van der Waals surface area contributed by atoms with Crippen molar-refractivity contribution in [1.82, 2.24) is 0 Å². The molecule has 104 valence electrons. The molecule has 2 rings (SSSR count). The molecule has 0 aromatic heterocycles. The Bertz CT molecular complexity index is 626. The lowest BCUT2D eigenvalue weighted by Crippen LogP contribution is -2.34. The van der Waals surface area contributed by atoms with Crippen molar-refractivity contribution >= 4 is 29.2 Å². The minimum absolute atomic E-state index is 0.365. The van der Waals surface area contributed by atoms with Gasteiger partial charge in [0.25, 0.3) is 0 Å². The summed E-state index contributed by atoms with van der Waals surface area (Å²) in [6, 6.07) is 14.5. The smallest absolute Gasteiger partial charge is 0.314 e. The zero-order chi connectivity index (χ0) is 14.8. The summed E-state index contributed by atoms with van der Waals surface area (Å²) >= 11 is 11.9. The van der Waals surface area contributed by atoms with E-state index in [4.69, 9.17) is 23.2 Å². The Morgan fingerprint density at radius 2 is 1.75 bits per heavy atom. The molecule has 0 saturated heterocycles. The average Bonchev–Trinajstić information content (AvgIpc) is 2.42. The third kappa shape index (κ3) is 2.97. The molecule has 0 bridgehead atoms. The fraction of sp³-hybridized carbons (Fsp3) is 0.188. The van der Waals surface area contributed by atoms with Gasteiger partial charge in [-0.25, -0.2) is 0 Å². The van der Waals surface area contributed by atoms with Crippen LogP contribution in [0.4, 0.5) is 0 Å². The van der Waals surface area contributed by atoms with Crippen LogP contribution in [0.2, 0.25) is 10.0 Å². The lowest BCUT2D eigenvalue weighted by molar-refractivity contribution is -0.143. The Kier molecular flexibility index (Phi) is 4.36. The molecule has 0 radical (unpaired) electrons. The van der Waals surface area contributed by atoms with Crippen LogP contribution in [0.5, 0.6) is 0 Å². The maximum atomic E-state index is 11.7. The number of carbonyl (C=O) groups is 1.